The molecular weight excluding hydrogens is 172 g/mol. The summed E-state index contributed by atoms with van der Waals surface area (Å²) in [5.41, 5.74) is 1.29. The van der Waals surface area contributed by atoms with Crippen LogP contribution in [-0.2, 0) is 0 Å². The van der Waals surface area contributed by atoms with E-state index in [1.54, 1.807) is 6.07 Å². The fourth-order valence-corrected chi connectivity index (χ4v) is 2.54. The van der Waals surface area contributed by atoms with Gasteiger partial charge in [-0.15, -0.1) is 0 Å². The van der Waals surface area contributed by atoms with Gasteiger partial charge in [-0.2, -0.15) is 0 Å². The third-order valence-electron chi connectivity index (χ3n) is 3.50. The second-order valence-corrected chi connectivity index (χ2v) is 4.43. The summed E-state index contributed by atoms with van der Waals surface area (Å²) in [7, 11) is 0. The van der Waals surface area contributed by atoms with E-state index in [2.05, 4.69) is 13.0 Å². The quantitative estimate of drug-likeness (QED) is 0.754. The lowest BCUT2D eigenvalue weighted by Crippen LogP contribution is -2.05. The zero-order valence-corrected chi connectivity index (χ0v) is 8.74. The van der Waals surface area contributed by atoms with Gasteiger partial charge in [0.2, 0.25) is 0 Å². The first-order chi connectivity index (χ1) is 6.77. The number of hydrogen-bond donors (Lipinski definition) is 1. The Hall–Kier alpha value is -0.980. The van der Waals surface area contributed by atoms with Gasteiger partial charge in [-0.3, -0.25) is 0 Å². The van der Waals surface area contributed by atoms with E-state index in [9.17, 15) is 5.11 Å². The van der Waals surface area contributed by atoms with Crippen LogP contribution in [-0.4, -0.2) is 5.11 Å². The van der Waals surface area contributed by atoms with Crippen molar-refractivity contribution in [2.75, 3.05) is 0 Å². The van der Waals surface area contributed by atoms with Crippen LogP contribution in [0.2, 0.25) is 0 Å². The van der Waals surface area contributed by atoms with E-state index in [4.69, 9.17) is 0 Å². The average molecular weight is 190 g/mol. The lowest BCUT2D eigenvalue weighted by atomic mass is 9.86. The van der Waals surface area contributed by atoms with Crippen LogP contribution >= 0.6 is 0 Å². The Morgan fingerprint density at radius 3 is 2.64 bits per heavy atom. The first-order valence-corrected chi connectivity index (χ1v) is 5.56. The summed E-state index contributed by atoms with van der Waals surface area (Å²) in [5.74, 6) is 1.83. The molecule has 0 saturated heterocycles. The lowest BCUT2D eigenvalue weighted by molar-refractivity contribution is 0.451. The fraction of sp³-hybridized carbons (Fsp3) is 0.538. The molecule has 0 aliphatic heterocycles. The monoisotopic (exact) mass is 190 g/mol. The highest BCUT2D eigenvalue weighted by Crippen LogP contribution is 2.37. The summed E-state index contributed by atoms with van der Waals surface area (Å²) in [6, 6.07) is 7.71. The number of hydrogen-bond acceptors (Lipinski definition) is 1. The molecule has 2 rings (SSSR count). The highest BCUT2D eigenvalue weighted by atomic mass is 16.3. The van der Waals surface area contributed by atoms with E-state index in [0.29, 0.717) is 11.7 Å². The van der Waals surface area contributed by atoms with Crippen molar-refractivity contribution in [3.63, 3.8) is 0 Å². The molecule has 1 aromatic carbocycles. The average Bonchev–Trinajstić information content (AvgIpc) is 2.69. The Kier molecular flexibility index (Phi) is 2.76. The van der Waals surface area contributed by atoms with E-state index in [0.717, 1.165) is 5.92 Å². The molecule has 1 nitrogen and oxygen atoms in total. The maximum Gasteiger partial charge on any atom is 0.115 e. The number of aromatic hydroxyl groups is 1. The van der Waals surface area contributed by atoms with Crippen LogP contribution in [0.3, 0.4) is 0 Å². The Morgan fingerprint density at radius 1 is 1.29 bits per heavy atom. The zero-order valence-electron chi connectivity index (χ0n) is 8.74. The van der Waals surface area contributed by atoms with E-state index in [1.807, 2.05) is 12.1 Å². The smallest absolute Gasteiger partial charge is 0.115 e. The Labute approximate surface area is 85.8 Å². The summed E-state index contributed by atoms with van der Waals surface area (Å²) >= 11 is 0. The van der Waals surface area contributed by atoms with Crippen molar-refractivity contribution in [1.29, 1.82) is 0 Å². The van der Waals surface area contributed by atoms with Crippen LogP contribution < -0.4 is 0 Å². The highest BCUT2D eigenvalue weighted by Gasteiger charge is 2.22. The molecule has 1 atom stereocenters. The van der Waals surface area contributed by atoms with E-state index < -0.39 is 0 Å². The van der Waals surface area contributed by atoms with Gasteiger partial charge < -0.3 is 5.11 Å². The first kappa shape index (κ1) is 9.57. The van der Waals surface area contributed by atoms with Gasteiger partial charge in [0.25, 0.3) is 0 Å². The number of phenolic OH excluding ortho intramolecular Hbond substituents is 1. The van der Waals surface area contributed by atoms with Crippen molar-refractivity contribution in [1.82, 2.24) is 0 Å². The minimum absolute atomic E-state index is 0.396. The largest absolute Gasteiger partial charge is 0.508 e. The lowest BCUT2D eigenvalue weighted by Gasteiger charge is -2.19. The summed E-state index contributed by atoms with van der Waals surface area (Å²) < 4.78 is 0. The molecule has 0 amide bonds. The highest BCUT2D eigenvalue weighted by molar-refractivity contribution is 5.29. The Bertz CT molecular complexity index is 300. The molecule has 1 heteroatoms. The molecule has 14 heavy (non-hydrogen) atoms. The molecule has 0 spiro atoms. The molecule has 1 aliphatic rings. The third kappa shape index (κ3) is 1.92. The first-order valence-electron chi connectivity index (χ1n) is 5.56. The maximum atomic E-state index is 9.40. The van der Waals surface area contributed by atoms with Crippen molar-refractivity contribution in [3.8, 4) is 5.75 Å². The number of rotatable bonds is 2. The molecule has 1 aromatic rings. The second-order valence-electron chi connectivity index (χ2n) is 4.43. The zero-order chi connectivity index (χ0) is 9.97. The SMILES string of the molecule is CC(c1cccc(O)c1)C1CCCC1. The summed E-state index contributed by atoms with van der Waals surface area (Å²) in [5, 5.41) is 9.40. The predicted molar refractivity (Wildman–Crippen MR) is 58.5 cm³/mol. The van der Waals surface area contributed by atoms with Gasteiger partial charge in [0.15, 0.2) is 0 Å². The number of benzene rings is 1. The van der Waals surface area contributed by atoms with Gasteiger partial charge in [-0.05, 0) is 42.4 Å². The molecule has 76 valence electrons. The molecular formula is C13H18O. The van der Waals surface area contributed by atoms with Gasteiger partial charge in [0.1, 0.15) is 5.75 Å². The van der Waals surface area contributed by atoms with E-state index in [-0.39, 0.29) is 0 Å². The predicted octanol–water partition coefficient (Wildman–Crippen LogP) is 3.69. The van der Waals surface area contributed by atoms with E-state index in [1.165, 1.54) is 31.2 Å². The van der Waals surface area contributed by atoms with Crippen molar-refractivity contribution in [3.05, 3.63) is 29.8 Å². The van der Waals surface area contributed by atoms with Gasteiger partial charge in [-0.25, -0.2) is 0 Å². The minimum Gasteiger partial charge on any atom is -0.508 e. The topological polar surface area (TPSA) is 20.2 Å². The van der Waals surface area contributed by atoms with Gasteiger partial charge in [0, 0.05) is 0 Å². The Balaban J connectivity index is 2.13. The van der Waals surface area contributed by atoms with Crippen LogP contribution in [0.4, 0.5) is 0 Å². The van der Waals surface area contributed by atoms with Crippen molar-refractivity contribution < 1.29 is 5.11 Å². The third-order valence-corrected chi connectivity index (χ3v) is 3.50. The van der Waals surface area contributed by atoms with Crippen LogP contribution in [0, 0.1) is 5.92 Å². The molecule has 1 aliphatic carbocycles. The van der Waals surface area contributed by atoms with Gasteiger partial charge >= 0.3 is 0 Å². The summed E-state index contributed by atoms with van der Waals surface area (Å²) in [6.07, 6.45) is 5.48. The molecule has 0 aromatic heterocycles. The molecule has 0 bridgehead atoms. The maximum absolute atomic E-state index is 9.40. The fourth-order valence-electron chi connectivity index (χ4n) is 2.54. The molecule has 1 fully saturated rings. The normalized spacial score (nSPS) is 19.8. The molecule has 1 unspecified atom stereocenters. The molecule has 0 radical (unpaired) electrons. The van der Waals surface area contributed by atoms with Crippen LogP contribution in [0.25, 0.3) is 0 Å². The molecule has 1 N–H and O–H groups in total. The van der Waals surface area contributed by atoms with Crippen molar-refractivity contribution >= 4 is 0 Å². The van der Waals surface area contributed by atoms with E-state index >= 15 is 0 Å². The molecule has 0 heterocycles. The summed E-state index contributed by atoms with van der Waals surface area (Å²) in [4.78, 5) is 0. The number of phenols is 1. The van der Waals surface area contributed by atoms with Gasteiger partial charge in [0.05, 0.1) is 0 Å². The van der Waals surface area contributed by atoms with Crippen molar-refractivity contribution in [2.24, 2.45) is 5.92 Å². The second kappa shape index (κ2) is 4.04. The molecule has 1 saturated carbocycles. The minimum atomic E-state index is 0.396. The Morgan fingerprint density at radius 2 is 2.00 bits per heavy atom. The van der Waals surface area contributed by atoms with Crippen molar-refractivity contribution in [2.45, 2.75) is 38.5 Å². The van der Waals surface area contributed by atoms with Crippen LogP contribution in [0.15, 0.2) is 24.3 Å². The van der Waals surface area contributed by atoms with Gasteiger partial charge in [-0.1, -0.05) is 31.9 Å². The standard InChI is InChI=1S/C13H18O/c1-10(11-5-2-3-6-11)12-7-4-8-13(14)9-12/h4,7-11,14H,2-3,5-6H2,1H3. The van der Waals surface area contributed by atoms with Crippen LogP contribution in [0.1, 0.15) is 44.1 Å². The van der Waals surface area contributed by atoms with Crippen LogP contribution in [0.5, 0.6) is 5.75 Å². The summed E-state index contributed by atoms with van der Waals surface area (Å²) in [6.45, 7) is 2.28.